The highest BCUT2D eigenvalue weighted by Crippen LogP contribution is 2.31. The molecule has 2 amide bonds. The molecule has 0 saturated heterocycles. The number of benzene rings is 2. The summed E-state index contributed by atoms with van der Waals surface area (Å²) in [4.78, 5) is 14.1. The number of nitrogens with two attached hydrogens (primary N) is 1. The van der Waals surface area contributed by atoms with Gasteiger partial charge < -0.3 is 19.7 Å². The van der Waals surface area contributed by atoms with Crippen molar-refractivity contribution in [3.8, 4) is 11.5 Å². The molecule has 0 bridgehead atoms. The summed E-state index contributed by atoms with van der Waals surface area (Å²) >= 11 is 0. The summed E-state index contributed by atoms with van der Waals surface area (Å²) in [6.45, 7) is 3.04. The molecule has 0 aliphatic carbocycles. The molecule has 1 atom stereocenters. The van der Waals surface area contributed by atoms with E-state index in [1.807, 2.05) is 31.2 Å². The van der Waals surface area contributed by atoms with Gasteiger partial charge in [-0.3, -0.25) is 0 Å². The number of nitrogens with one attached hydrogen (secondary N) is 1. The van der Waals surface area contributed by atoms with Gasteiger partial charge in [-0.25, -0.2) is 18.4 Å². The van der Waals surface area contributed by atoms with E-state index in [0.717, 1.165) is 0 Å². The fourth-order valence-corrected chi connectivity index (χ4v) is 3.20. The summed E-state index contributed by atoms with van der Waals surface area (Å²) in [5.41, 5.74) is 0.469. The zero-order valence-corrected chi connectivity index (χ0v) is 15.6. The maximum atomic E-state index is 12.5. The summed E-state index contributed by atoms with van der Waals surface area (Å²) in [5, 5.41) is 7.80. The lowest BCUT2D eigenvalue weighted by atomic mass is 10.2. The number of hydrogen-bond acceptors (Lipinski definition) is 5. The van der Waals surface area contributed by atoms with Gasteiger partial charge in [0.15, 0.2) is 17.6 Å². The number of nitrogens with zero attached hydrogens (tertiary/aromatic N) is 1. The SMILES string of the molecule is CCN(C[C@@H]1COc2ccccc2O1)C(=O)Nc1ccc(S(N)(=O)=O)cc1. The highest BCUT2D eigenvalue weighted by molar-refractivity contribution is 7.89. The Morgan fingerprint density at radius 1 is 1.19 bits per heavy atom. The third kappa shape index (κ3) is 4.69. The molecule has 3 N–H and O–H groups in total. The molecule has 2 aromatic carbocycles. The monoisotopic (exact) mass is 391 g/mol. The summed E-state index contributed by atoms with van der Waals surface area (Å²) in [6.07, 6.45) is -0.282. The minimum Gasteiger partial charge on any atom is -0.486 e. The first kappa shape index (κ1) is 19.0. The Hall–Kier alpha value is -2.78. The van der Waals surface area contributed by atoms with E-state index in [2.05, 4.69) is 5.32 Å². The Balaban J connectivity index is 1.61. The van der Waals surface area contributed by atoms with E-state index in [4.69, 9.17) is 14.6 Å². The van der Waals surface area contributed by atoms with Crippen LogP contribution in [0.25, 0.3) is 0 Å². The number of ether oxygens (including phenoxy) is 2. The van der Waals surface area contributed by atoms with Gasteiger partial charge in [0.1, 0.15) is 6.61 Å². The molecule has 1 aliphatic heterocycles. The van der Waals surface area contributed by atoms with Gasteiger partial charge in [-0.2, -0.15) is 0 Å². The van der Waals surface area contributed by atoms with E-state index in [0.29, 0.717) is 36.9 Å². The fourth-order valence-electron chi connectivity index (χ4n) is 2.68. The number of para-hydroxylation sites is 2. The van der Waals surface area contributed by atoms with E-state index in [1.165, 1.54) is 24.3 Å². The molecule has 2 aromatic rings. The summed E-state index contributed by atoms with van der Waals surface area (Å²) < 4.78 is 34.1. The third-order valence-corrected chi connectivity index (χ3v) is 5.02. The van der Waals surface area contributed by atoms with Crippen molar-refractivity contribution in [3.63, 3.8) is 0 Å². The number of carbonyl (C=O) groups excluding carboxylic acids is 1. The highest BCUT2D eigenvalue weighted by atomic mass is 32.2. The number of sulfonamides is 1. The molecule has 27 heavy (non-hydrogen) atoms. The number of carbonyl (C=O) groups is 1. The van der Waals surface area contributed by atoms with E-state index in [9.17, 15) is 13.2 Å². The molecule has 1 aliphatic rings. The zero-order valence-electron chi connectivity index (χ0n) is 14.8. The van der Waals surface area contributed by atoms with Crippen molar-refractivity contribution in [2.75, 3.05) is 25.0 Å². The molecule has 0 fully saturated rings. The lowest BCUT2D eigenvalue weighted by molar-refractivity contribution is 0.0693. The van der Waals surface area contributed by atoms with Gasteiger partial charge in [-0.15, -0.1) is 0 Å². The average Bonchev–Trinajstić information content (AvgIpc) is 2.65. The molecule has 1 heterocycles. The van der Waals surface area contributed by atoms with Gasteiger partial charge in [0.05, 0.1) is 11.4 Å². The average molecular weight is 391 g/mol. The van der Waals surface area contributed by atoms with Crippen molar-refractivity contribution in [1.29, 1.82) is 0 Å². The van der Waals surface area contributed by atoms with Crippen LogP contribution in [0.2, 0.25) is 0 Å². The van der Waals surface area contributed by atoms with Crippen molar-refractivity contribution < 1.29 is 22.7 Å². The quantitative estimate of drug-likeness (QED) is 0.810. The summed E-state index contributed by atoms with van der Waals surface area (Å²) in [7, 11) is -3.77. The van der Waals surface area contributed by atoms with Crippen LogP contribution in [0, 0.1) is 0 Å². The molecule has 9 heteroatoms. The fraction of sp³-hybridized carbons (Fsp3) is 0.278. The number of amides is 2. The van der Waals surface area contributed by atoms with E-state index in [1.54, 1.807) is 4.90 Å². The van der Waals surface area contributed by atoms with Crippen LogP contribution in [-0.4, -0.2) is 45.1 Å². The molecule has 0 spiro atoms. The van der Waals surface area contributed by atoms with E-state index >= 15 is 0 Å². The van der Waals surface area contributed by atoms with Crippen LogP contribution in [-0.2, 0) is 10.0 Å². The predicted molar refractivity (Wildman–Crippen MR) is 100 cm³/mol. The highest BCUT2D eigenvalue weighted by Gasteiger charge is 2.24. The largest absolute Gasteiger partial charge is 0.486 e. The lowest BCUT2D eigenvalue weighted by Gasteiger charge is -2.30. The summed E-state index contributed by atoms with van der Waals surface area (Å²) in [5.74, 6) is 1.35. The predicted octanol–water partition coefficient (Wildman–Crippen LogP) is 2.03. The maximum absolute atomic E-state index is 12.5. The number of primary sulfonamides is 1. The molecule has 8 nitrogen and oxygen atoms in total. The Bertz CT molecular complexity index is 915. The third-order valence-electron chi connectivity index (χ3n) is 4.09. The zero-order chi connectivity index (χ0) is 19.4. The number of likely N-dealkylation sites (N-methyl/N-ethyl adjacent to an activating group) is 1. The van der Waals surface area contributed by atoms with Crippen LogP contribution in [0.15, 0.2) is 53.4 Å². The first-order valence-corrected chi connectivity index (χ1v) is 9.98. The van der Waals surface area contributed by atoms with Crippen molar-refractivity contribution in [1.82, 2.24) is 4.90 Å². The first-order chi connectivity index (χ1) is 12.9. The number of hydrogen-bond donors (Lipinski definition) is 2. The van der Waals surface area contributed by atoms with Crippen molar-refractivity contribution in [2.45, 2.75) is 17.9 Å². The Kier molecular flexibility index (Phi) is 5.52. The van der Waals surface area contributed by atoms with Crippen molar-refractivity contribution in [3.05, 3.63) is 48.5 Å². The molecular formula is C18H21N3O5S. The second kappa shape index (κ2) is 7.85. The van der Waals surface area contributed by atoms with Crippen LogP contribution >= 0.6 is 0 Å². The molecule has 3 rings (SSSR count). The maximum Gasteiger partial charge on any atom is 0.321 e. The van der Waals surface area contributed by atoms with Crippen molar-refractivity contribution >= 4 is 21.7 Å². The molecule has 0 radical (unpaired) electrons. The topological polar surface area (TPSA) is 111 Å². The van der Waals surface area contributed by atoms with Crippen LogP contribution in [0.1, 0.15) is 6.92 Å². The van der Waals surface area contributed by atoms with Crippen LogP contribution in [0.3, 0.4) is 0 Å². The number of urea groups is 1. The number of rotatable bonds is 5. The van der Waals surface area contributed by atoms with Gasteiger partial charge in [0.25, 0.3) is 0 Å². The van der Waals surface area contributed by atoms with Gasteiger partial charge in [0.2, 0.25) is 10.0 Å². The smallest absolute Gasteiger partial charge is 0.321 e. The molecule has 0 saturated carbocycles. The van der Waals surface area contributed by atoms with Gasteiger partial charge in [-0.05, 0) is 43.3 Å². The molecular weight excluding hydrogens is 370 g/mol. The Morgan fingerprint density at radius 2 is 1.85 bits per heavy atom. The standard InChI is InChI=1S/C18H21N3O5S/c1-2-21(11-14-12-25-16-5-3-4-6-17(16)26-14)18(22)20-13-7-9-15(10-8-13)27(19,23)24/h3-10,14H,2,11-12H2,1H3,(H,20,22)(H2,19,23,24)/t14-/m1/s1. The van der Waals surface area contributed by atoms with Crippen LogP contribution in [0.4, 0.5) is 10.5 Å². The van der Waals surface area contributed by atoms with Gasteiger partial charge in [0, 0.05) is 12.2 Å². The lowest BCUT2D eigenvalue weighted by Crippen LogP contribution is -2.45. The molecule has 0 unspecified atom stereocenters. The second-order valence-electron chi connectivity index (χ2n) is 6.04. The van der Waals surface area contributed by atoms with Crippen LogP contribution < -0.4 is 19.9 Å². The minimum absolute atomic E-state index is 0.0146. The normalized spacial score (nSPS) is 15.9. The molecule has 0 aromatic heterocycles. The molecule has 144 valence electrons. The number of fused-ring (bicyclic) bond motifs is 1. The van der Waals surface area contributed by atoms with Crippen LogP contribution in [0.5, 0.6) is 11.5 Å². The van der Waals surface area contributed by atoms with E-state index < -0.39 is 10.0 Å². The second-order valence-corrected chi connectivity index (χ2v) is 7.60. The minimum atomic E-state index is -3.77. The first-order valence-electron chi connectivity index (χ1n) is 8.44. The van der Waals surface area contributed by atoms with Gasteiger partial charge in [-0.1, -0.05) is 12.1 Å². The Labute approximate surface area is 157 Å². The summed E-state index contributed by atoms with van der Waals surface area (Å²) in [6, 6.07) is 12.7. The number of anilines is 1. The van der Waals surface area contributed by atoms with Crippen molar-refractivity contribution in [2.24, 2.45) is 5.14 Å². The van der Waals surface area contributed by atoms with E-state index in [-0.39, 0.29) is 17.0 Å². The Morgan fingerprint density at radius 3 is 2.48 bits per heavy atom. The van der Waals surface area contributed by atoms with Gasteiger partial charge >= 0.3 is 6.03 Å².